The van der Waals surface area contributed by atoms with Crippen molar-refractivity contribution in [2.24, 2.45) is 5.92 Å². The van der Waals surface area contributed by atoms with Crippen LogP contribution in [0.4, 0.5) is 0 Å². The highest BCUT2D eigenvalue weighted by Gasteiger charge is 2.33. The average Bonchev–Trinajstić information content (AvgIpc) is 2.61. The van der Waals surface area contributed by atoms with Gasteiger partial charge < -0.3 is 10.0 Å². The van der Waals surface area contributed by atoms with Crippen LogP contribution in [0.3, 0.4) is 0 Å². The molecule has 0 spiro atoms. The largest absolute Gasteiger partial charge is 0.481 e. The van der Waals surface area contributed by atoms with E-state index in [4.69, 9.17) is 5.11 Å². The second-order valence-electron chi connectivity index (χ2n) is 4.50. The van der Waals surface area contributed by atoms with E-state index in [-0.39, 0.29) is 12.3 Å². The Morgan fingerprint density at radius 1 is 1.53 bits per heavy atom. The van der Waals surface area contributed by atoms with E-state index in [1.807, 2.05) is 31.2 Å². The topological polar surface area (TPSA) is 57.6 Å². The molecule has 0 radical (unpaired) electrons. The molecule has 1 aromatic rings. The monoisotopic (exact) mass is 233 g/mol. The minimum atomic E-state index is -0.884. The normalized spacial score (nSPS) is 19.7. The Bertz CT molecular complexity index is 456. The molecule has 1 amide bonds. The van der Waals surface area contributed by atoms with E-state index < -0.39 is 11.9 Å². The molecule has 90 valence electrons. The van der Waals surface area contributed by atoms with Crippen LogP contribution in [-0.4, -0.2) is 28.4 Å². The quantitative estimate of drug-likeness (QED) is 0.859. The predicted molar refractivity (Wildman–Crippen MR) is 62.3 cm³/mol. The van der Waals surface area contributed by atoms with Crippen molar-refractivity contribution >= 4 is 11.9 Å². The number of nitrogens with zero attached hydrogens (tertiary/aromatic N) is 1. The molecule has 1 aromatic carbocycles. The average molecular weight is 233 g/mol. The Balaban J connectivity index is 2.05. The number of likely N-dealkylation sites (tertiary alicyclic amines) is 1. The van der Waals surface area contributed by atoms with Crippen LogP contribution in [0, 0.1) is 12.8 Å². The third kappa shape index (κ3) is 2.64. The number of carbonyl (C=O) groups excluding carboxylic acids is 1. The molecule has 0 aromatic heterocycles. The van der Waals surface area contributed by atoms with Gasteiger partial charge in [-0.15, -0.1) is 0 Å². The van der Waals surface area contributed by atoms with Crippen molar-refractivity contribution < 1.29 is 14.7 Å². The number of carboxylic acids is 1. The van der Waals surface area contributed by atoms with Gasteiger partial charge in [0.15, 0.2) is 0 Å². The summed E-state index contributed by atoms with van der Waals surface area (Å²) in [6, 6.07) is 7.91. The van der Waals surface area contributed by atoms with Crippen molar-refractivity contribution in [1.82, 2.24) is 4.90 Å². The van der Waals surface area contributed by atoms with Crippen LogP contribution in [0.15, 0.2) is 24.3 Å². The molecule has 1 saturated heterocycles. The van der Waals surface area contributed by atoms with E-state index in [2.05, 4.69) is 0 Å². The van der Waals surface area contributed by atoms with Crippen LogP contribution in [0.5, 0.6) is 0 Å². The van der Waals surface area contributed by atoms with Crippen molar-refractivity contribution in [3.8, 4) is 0 Å². The molecule has 0 saturated carbocycles. The van der Waals surface area contributed by atoms with Crippen molar-refractivity contribution in [2.45, 2.75) is 19.9 Å². The van der Waals surface area contributed by atoms with Crippen LogP contribution in [0.1, 0.15) is 17.5 Å². The first-order valence-corrected chi connectivity index (χ1v) is 5.62. The van der Waals surface area contributed by atoms with Gasteiger partial charge in [-0.05, 0) is 12.5 Å². The van der Waals surface area contributed by atoms with Gasteiger partial charge in [0.25, 0.3) is 0 Å². The molecule has 0 bridgehead atoms. The summed E-state index contributed by atoms with van der Waals surface area (Å²) in [5.41, 5.74) is 2.19. The van der Waals surface area contributed by atoms with Crippen LogP contribution in [0.2, 0.25) is 0 Å². The Labute approximate surface area is 99.9 Å². The number of hydrogen-bond donors (Lipinski definition) is 1. The second kappa shape index (κ2) is 4.57. The first-order chi connectivity index (χ1) is 8.06. The van der Waals surface area contributed by atoms with Gasteiger partial charge in [-0.25, -0.2) is 0 Å². The van der Waals surface area contributed by atoms with Crippen molar-refractivity contribution in [3.05, 3.63) is 35.4 Å². The first-order valence-electron chi connectivity index (χ1n) is 5.62. The van der Waals surface area contributed by atoms with Crippen molar-refractivity contribution in [1.29, 1.82) is 0 Å². The summed E-state index contributed by atoms with van der Waals surface area (Å²) < 4.78 is 0. The molecule has 1 fully saturated rings. The minimum Gasteiger partial charge on any atom is -0.481 e. The summed E-state index contributed by atoms with van der Waals surface area (Å²) >= 11 is 0. The lowest BCUT2D eigenvalue weighted by Crippen LogP contribution is -2.25. The summed E-state index contributed by atoms with van der Waals surface area (Å²) in [5, 5.41) is 8.88. The molecule has 1 aliphatic rings. The lowest BCUT2D eigenvalue weighted by Gasteiger charge is -2.16. The number of rotatable bonds is 3. The molecule has 0 aliphatic carbocycles. The highest BCUT2D eigenvalue weighted by atomic mass is 16.4. The SMILES string of the molecule is Cc1cccc(CN2CC(C(=O)O)CC2=O)c1. The summed E-state index contributed by atoms with van der Waals surface area (Å²) in [4.78, 5) is 24.1. The molecule has 17 heavy (non-hydrogen) atoms. The Morgan fingerprint density at radius 2 is 2.29 bits per heavy atom. The number of aliphatic carboxylic acids is 1. The second-order valence-corrected chi connectivity index (χ2v) is 4.50. The minimum absolute atomic E-state index is 0.0705. The van der Waals surface area contributed by atoms with Crippen molar-refractivity contribution in [2.75, 3.05) is 6.54 Å². The molecular weight excluding hydrogens is 218 g/mol. The fraction of sp³-hybridized carbons (Fsp3) is 0.385. The maximum atomic E-state index is 11.6. The third-order valence-electron chi connectivity index (χ3n) is 3.02. The van der Waals surface area contributed by atoms with E-state index in [0.717, 1.165) is 11.1 Å². The van der Waals surface area contributed by atoms with Gasteiger partial charge in [-0.3, -0.25) is 9.59 Å². The van der Waals surface area contributed by atoms with E-state index in [1.165, 1.54) is 0 Å². The third-order valence-corrected chi connectivity index (χ3v) is 3.02. The highest BCUT2D eigenvalue weighted by Crippen LogP contribution is 2.20. The molecule has 1 heterocycles. The standard InChI is InChI=1S/C13H15NO3/c1-9-3-2-4-10(5-9)7-14-8-11(13(16)17)6-12(14)15/h2-5,11H,6-8H2,1H3,(H,16,17). The fourth-order valence-corrected chi connectivity index (χ4v) is 2.12. The van der Waals surface area contributed by atoms with Gasteiger partial charge in [0.1, 0.15) is 0 Å². The predicted octanol–water partition coefficient (Wildman–Crippen LogP) is 1.43. The molecule has 1 unspecified atom stereocenters. The molecule has 4 heteroatoms. The van der Waals surface area contributed by atoms with Gasteiger partial charge in [0, 0.05) is 19.5 Å². The van der Waals surface area contributed by atoms with E-state index in [0.29, 0.717) is 13.1 Å². The van der Waals surface area contributed by atoms with Crippen molar-refractivity contribution in [3.63, 3.8) is 0 Å². The van der Waals surface area contributed by atoms with Crippen LogP contribution in [0.25, 0.3) is 0 Å². The lowest BCUT2D eigenvalue weighted by atomic mass is 10.1. The number of aryl methyl sites for hydroxylation is 1. The zero-order chi connectivity index (χ0) is 12.4. The van der Waals surface area contributed by atoms with Gasteiger partial charge >= 0.3 is 5.97 Å². The summed E-state index contributed by atoms with van der Waals surface area (Å²) in [7, 11) is 0. The van der Waals surface area contributed by atoms with E-state index in [9.17, 15) is 9.59 Å². The molecule has 1 N–H and O–H groups in total. The molecule has 1 atom stereocenters. The zero-order valence-electron chi connectivity index (χ0n) is 9.72. The summed E-state index contributed by atoms with van der Waals surface area (Å²) in [5.74, 6) is -1.50. The lowest BCUT2D eigenvalue weighted by molar-refractivity contribution is -0.141. The number of amides is 1. The van der Waals surface area contributed by atoms with E-state index >= 15 is 0 Å². The Hall–Kier alpha value is -1.84. The smallest absolute Gasteiger partial charge is 0.308 e. The molecule has 2 rings (SSSR count). The molecular formula is C13H15NO3. The summed E-state index contributed by atoms with van der Waals surface area (Å²) in [6.45, 7) is 2.82. The Kier molecular flexibility index (Phi) is 3.13. The van der Waals surface area contributed by atoms with Crippen LogP contribution < -0.4 is 0 Å². The Morgan fingerprint density at radius 3 is 2.88 bits per heavy atom. The maximum Gasteiger partial charge on any atom is 0.308 e. The van der Waals surface area contributed by atoms with Gasteiger partial charge in [0.05, 0.1) is 5.92 Å². The number of carboxylic acid groups (broad SMARTS) is 1. The number of carbonyl (C=O) groups is 2. The molecule has 1 aliphatic heterocycles. The zero-order valence-corrected chi connectivity index (χ0v) is 9.72. The summed E-state index contributed by atoms with van der Waals surface area (Å²) in [6.07, 6.45) is 0.126. The van der Waals surface area contributed by atoms with Gasteiger partial charge in [-0.1, -0.05) is 29.8 Å². The maximum absolute atomic E-state index is 11.6. The van der Waals surface area contributed by atoms with Gasteiger partial charge in [0.2, 0.25) is 5.91 Å². The van der Waals surface area contributed by atoms with Crippen LogP contribution in [-0.2, 0) is 16.1 Å². The number of hydrogen-bond acceptors (Lipinski definition) is 2. The highest BCUT2D eigenvalue weighted by molar-refractivity contribution is 5.86. The fourth-order valence-electron chi connectivity index (χ4n) is 2.12. The van der Waals surface area contributed by atoms with E-state index in [1.54, 1.807) is 4.90 Å². The molecule has 4 nitrogen and oxygen atoms in total. The van der Waals surface area contributed by atoms with Gasteiger partial charge in [-0.2, -0.15) is 0 Å². The van der Waals surface area contributed by atoms with Crippen LogP contribution >= 0.6 is 0 Å². The number of benzene rings is 1. The first kappa shape index (κ1) is 11.6.